The number of hydrogen-bond donors (Lipinski definition) is 3. The summed E-state index contributed by atoms with van der Waals surface area (Å²) in [5, 5.41) is 3.22. The number of nitrogens with zero attached hydrogens (tertiary/aromatic N) is 1. The second-order valence-electron chi connectivity index (χ2n) is 2.91. The lowest BCUT2D eigenvalue weighted by Crippen LogP contribution is -2.22. The molecule has 5 heteroatoms. The van der Waals surface area contributed by atoms with Crippen molar-refractivity contribution in [3.8, 4) is 0 Å². The Balaban J connectivity index is 0. The highest BCUT2D eigenvalue weighted by atomic mass is 16.6. The predicted molar refractivity (Wildman–Crippen MR) is 55.9 cm³/mol. The van der Waals surface area contributed by atoms with Crippen molar-refractivity contribution >= 4 is 5.96 Å². The Hall–Kier alpha value is -0.970. The molecule has 13 heavy (non-hydrogen) atoms. The van der Waals surface area contributed by atoms with Crippen LogP contribution in [0.1, 0.15) is 27.2 Å². The zero-order valence-corrected chi connectivity index (χ0v) is 8.79. The van der Waals surface area contributed by atoms with Gasteiger partial charge in [-0.1, -0.05) is 13.8 Å². The second kappa shape index (κ2) is 11.0. The molecule has 0 aliphatic rings. The Morgan fingerprint density at radius 2 is 1.92 bits per heavy atom. The van der Waals surface area contributed by atoms with Gasteiger partial charge < -0.3 is 22.0 Å². The van der Waals surface area contributed by atoms with Gasteiger partial charge in [-0.15, -0.1) is 0 Å². The first-order chi connectivity index (χ1) is 6.04. The van der Waals surface area contributed by atoms with Crippen LogP contribution in [0.5, 0.6) is 0 Å². The van der Waals surface area contributed by atoms with Gasteiger partial charge in [0.2, 0.25) is 5.96 Å². The Morgan fingerprint density at radius 1 is 1.38 bits per heavy atom. The molecule has 0 aromatic heterocycles. The minimum atomic E-state index is -0.0400. The van der Waals surface area contributed by atoms with Gasteiger partial charge in [0.05, 0.1) is 0 Å². The zero-order chi connectivity index (χ0) is 10.7. The predicted octanol–water partition coefficient (Wildman–Crippen LogP) is 0.203. The third-order valence-electron chi connectivity index (χ3n) is 1.04. The molecule has 0 saturated carbocycles. The van der Waals surface area contributed by atoms with Crippen molar-refractivity contribution in [1.29, 1.82) is 0 Å². The van der Waals surface area contributed by atoms with Crippen molar-refractivity contribution in [2.24, 2.45) is 28.3 Å². The molecule has 0 spiro atoms. The molecule has 0 bridgehead atoms. The fourth-order valence-electron chi connectivity index (χ4n) is 0.472. The van der Waals surface area contributed by atoms with E-state index in [1.54, 1.807) is 6.92 Å². The van der Waals surface area contributed by atoms with E-state index < -0.39 is 0 Å². The van der Waals surface area contributed by atoms with Gasteiger partial charge >= 0.3 is 0 Å². The summed E-state index contributed by atoms with van der Waals surface area (Å²) in [6, 6.07) is 0. The van der Waals surface area contributed by atoms with Crippen LogP contribution in [0, 0.1) is 5.92 Å². The Kier molecular flexibility index (Phi) is 12.3. The van der Waals surface area contributed by atoms with Gasteiger partial charge in [-0.3, -0.25) is 0 Å². The Labute approximate surface area is 80.3 Å². The van der Waals surface area contributed by atoms with Gasteiger partial charge in [-0.05, 0) is 31.0 Å². The molecule has 0 radical (unpaired) electrons. The summed E-state index contributed by atoms with van der Waals surface area (Å²) in [6.07, 6.45) is 1.15. The monoisotopic (exact) mass is 190 g/mol. The standard InChI is InChI=1S/C5H13N.C3H9N3O/c1-5(2)3-4-6;1-2-7-6-3(4)5/h5H,3-4,6H2,1-2H3;2H2,1H3,(H4,4,5,6). The number of oxime groups is 1. The highest BCUT2D eigenvalue weighted by Crippen LogP contribution is 1.93. The second-order valence-corrected chi connectivity index (χ2v) is 2.91. The molecule has 80 valence electrons. The van der Waals surface area contributed by atoms with E-state index >= 15 is 0 Å². The molecule has 0 aromatic carbocycles. The molecule has 0 aliphatic heterocycles. The highest BCUT2D eigenvalue weighted by molar-refractivity contribution is 5.74. The normalized spacial score (nSPS) is 8.69. The number of rotatable bonds is 4. The summed E-state index contributed by atoms with van der Waals surface area (Å²) < 4.78 is 0. The van der Waals surface area contributed by atoms with Gasteiger partial charge in [-0.2, -0.15) is 0 Å². The van der Waals surface area contributed by atoms with Crippen LogP contribution in [0.3, 0.4) is 0 Å². The van der Waals surface area contributed by atoms with Gasteiger partial charge in [0, 0.05) is 0 Å². The van der Waals surface area contributed by atoms with Crippen LogP contribution in [0.4, 0.5) is 0 Å². The number of guanidine groups is 1. The number of nitrogens with two attached hydrogens (primary N) is 3. The van der Waals surface area contributed by atoms with Crippen LogP contribution in [0.25, 0.3) is 0 Å². The summed E-state index contributed by atoms with van der Waals surface area (Å²) in [5.41, 5.74) is 15.0. The third-order valence-corrected chi connectivity index (χ3v) is 1.04. The van der Waals surface area contributed by atoms with Crippen LogP contribution in [-0.4, -0.2) is 19.1 Å². The lowest BCUT2D eigenvalue weighted by Gasteiger charge is -1.96. The fraction of sp³-hybridized carbons (Fsp3) is 0.875. The lowest BCUT2D eigenvalue weighted by molar-refractivity contribution is 0.158. The van der Waals surface area contributed by atoms with Crippen molar-refractivity contribution in [2.75, 3.05) is 13.2 Å². The molecule has 5 nitrogen and oxygen atoms in total. The number of hydrogen-bond acceptors (Lipinski definition) is 3. The maximum Gasteiger partial charge on any atom is 0.228 e. The first-order valence-electron chi connectivity index (χ1n) is 4.45. The minimum absolute atomic E-state index is 0.0400. The zero-order valence-electron chi connectivity index (χ0n) is 8.79. The molecular formula is C8H22N4O. The van der Waals surface area contributed by atoms with Crippen LogP contribution in [0.2, 0.25) is 0 Å². The molecule has 6 N–H and O–H groups in total. The Morgan fingerprint density at radius 3 is 2.00 bits per heavy atom. The van der Waals surface area contributed by atoms with Crippen molar-refractivity contribution in [3.05, 3.63) is 0 Å². The van der Waals surface area contributed by atoms with E-state index in [1.807, 2.05) is 0 Å². The maximum atomic E-state index is 5.23. The molecule has 0 heterocycles. The third kappa shape index (κ3) is 24.7. The van der Waals surface area contributed by atoms with Gasteiger partial charge in [0.25, 0.3) is 0 Å². The van der Waals surface area contributed by atoms with Crippen LogP contribution in [0.15, 0.2) is 5.16 Å². The van der Waals surface area contributed by atoms with Gasteiger partial charge in [0.15, 0.2) is 0 Å². The van der Waals surface area contributed by atoms with E-state index in [1.165, 1.54) is 0 Å². The average molecular weight is 190 g/mol. The first kappa shape index (κ1) is 14.5. The van der Waals surface area contributed by atoms with Crippen LogP contribution < -0.4 is 17.2 Å². The topological polar surface area (TPSA) is 99.6 Å². The van der Waals surface area contributed by atoms with E-state index in [9.17, 15) is 0 Å². The van der Waals surface area contributed by atoms with E-state index in [0.29, 0.717) is 6.61 Å². The van der Waals surface area contributed by atoms with Gasteiger partial charge in [0.1, 0.15) is 6.61 Å². The minimum Gasteiger partial charge on any atom is -0.393 e. The summed E-state index contributed by atoms with van der Waals surface area (Å²) in [7, 11) is 0. The highest BCUT2D eigenvalue weighted by Gasteiger charge is 1.85. The SMILES string of the molecule is CC(C)CCN.CCON=C(N)N. The molecule has 0 aliphatic carbocycles. The largest absolute Gasteiger partial charge is 0.393 e. The van der Waals surface area contributed by atoms with Crippen molar-refractivity contribution in [2.45, 2.75) is 27.2 Å². The van der Waals surface area contributed by atoms with Crippen molar-refractivity contribution in [3.63, 3.8) is 0 Å². The smallest absolute Gasteiger partial charge is 0.228 e. The van der Waals surface area contributed by atoms with E-state index in [4.69, 9.17) is 17.2 Å². The average Bonchev–Trinajstić information content (AvgIpc) is 2.01. The van der Waals surface area contributed by atoms with Crippen LogP contribution >= 0.6 is 0 Å². The summed E-state index contributed by atoms with van der Waals surface area (Å²) >= 11 is 0. The summed E-state index contributed by atoms with van der Waals surface area (Å²) in [4.78, 5) is 4.43. The molecular weight excluding hydrogens is 168 g/mol. The molecule has 0 unspecified atom stereocenters. The van der Waals surface area contributed by atoms with E-state index in [0.717, 1.165) is 18.9 Å². The molecule has 0 fully saturated rings. The first-order valence-corrected chi connectivity index (χ1v) is 4.45. The van der Waals surface area contributed by atoms with Crippen molar-refractivity contribution in [1.82, 2.24) is 0 Å². The summed E-state index contributed by atoms with van der Waals surface area (Å²) in [6.45, 7) is 7.47. The molecule has 0 atom stereocenters. The molecule has 0 saturated heterocycles. The fourth-order valence-corrected chi connectivity index (χ4v) is 0.472. The quantitative estimate of drug-likeness (QED) is 0.335. The molecule has 0 rings (SSSR count). The van der Waals surface area contributed by atoms with Gasteiger partial charge in [-0.25, -0.2) is 0 Å². The van der Waals surface area contributed by atoms with Crippen molar-refractivity contribution < 1.29 is 4.84 Å². The van der Waals surface area contributed by atoms with E-state index in [-0.39, 0.29) is 5.96 Å². The summed E-state index contributed by atoms with van der Waals surface area (Å²) in [5.74, 6) is 0.733. The van der Waals surface area contributed by atoms with Crippen LogP contribution in [-0.2, 0) is 4.84 Å². The van der Waals surface area contributed by atoms with E-state index in [2.05, 4.69) is 23.8 Å². The molecule has 0 amide bonds. The molecule has 0 aromatic rings. The lowest BCUT2D eigenvalue weighted by atomic mass is 10.1. The maximum absolute atomic E-state index is 5.23. The Bertz CT molecular complexity index is 121.